The number of nitrogens with zero attached hydrogens (tertiary/aromatic N) is 2. The first-order valence-electron chi connectivity index (χ1n) is 8.96. The Bertz CT molecular complexity index is 870. The maximum Gasteiger partial charge on any atom is 0.224 e. The predicted molar refractivity (Wildman–Crippen MR) is 107 cm³/mol. The summed E-state index contributed by atoms with van der Waals surface area (Å²) >= 11 is 8.07. The molecule has 0 amide bonds. The number of benzene rings is 1. The van der Waals surface area contributed by atoms with Crippen molar-refractivity contribution < 1.29 is 0 Å². The molecule has 1 saturated carbocycles. The number of rotatable bonds is 4. The lowest BCUT2D eigenvalue weighted by molar-refractivity contribution is 0.447. The summed E-state index contributed by atoms with van der Waals surface area (Å²) in [5, 5.41) is 3.78. The molecule has 1 fully saturated rings. The van der Waals surface area contributed by atoms with E-state index in [1.807, 2.05) is 17.4 Å². The molecule has 0 spiro atoms. The second-order valence-electron chi connectivity index (χ2n) is 6.78. The average Bonchev–Trinajstić information content (AvgIpc) is 2.98. The van der Waals surface area contributed by atoms with Crippen molar-refractivity contribution in [3.05, 3.63) is 51.6 Å². The first kappa shape index (κ1) is 16.8. The fraction of sp³-hybridized carbons (Fsp3) is 0.400. The zero-order valence-electron chi connectivity index (χ0n) is 14.4. The molecule has 0 saturated heterocycles. The Morgan fingerprint density at radius 1 is 1.12 bits per heavy atom. The summed E-state index contributed by atoms with van der Waals surface area (Å²) in [6.07, 6.45) is 6.63. The molecule has 1 N–H and O–H groups in total. The van der Waals surface area contributed by atoms with E-state index >= 15 is 0 Å². The smallest absolute Gasteiger partial charge is 0.224 e. The first-order valence-corrected chi connectivity index (χ1v) is 10.2. The van der Waals surface area contributed by atoms with Gasteiger partial charge in [-0.05, 0) is 48.4 Å². The number of hydrogen-bond acceptors (Lipinski definition) is 4. The highest BCUT2D eigenvalue weighted by atomic mass is 35.5. The van der Waals surface area contributed by atoms with Crippen molar-refractivity contribution in [2.75, 3.05) is 5.32 Å². The topological polar surface area (TPSA) is 37.8 Å². The van der Waals surface area contributed by atoms with E-state index in [9.17, 15) is 0 Å². The van der Waals surface area contributed by atoms with Crippen LogP contribution in [0.5, 0.6) is 0 Å². The van der Waals surface area contributed by atoms with Crippen LogP contribution in [0.15, 0.2) is 30.3 Å². The van der Waals surface area contributed by atoms with E-state index in [0.717, 1.165) is 22.6 Å². The lowest BCUT2D eigenvalue weighted by atomic mass is 9.87. The van der Waals surface area contributed by atoms with Crippen molar-refractivity contribution >= 4 is 39.0 Å². The zero-order valence-corrected chi connectivity index (χ0v) is 16.0. The van der Waals surface area contributed by atoms with Crippen molar-refractivity contribution in [1.82, 2.24) is 9.97 Å². The SMILES string of the molecule is Cc1c(C2CCCCC2)sc2c(NCc3ccccc3)nc(Cl)nc12. The van der Waals surface area contributed by atoms with Crippen LogP contribution in [0.25, 0.3) is 10.2 Å². The average molecular weight is 372 g/mol. The predicted octanol–water partition coefficient (Wildman–Crippen LogP) is 6.31. The van der Waals surface area contributed by atoms with E-state index in [0.29, 0.717) is 11.2 Å². The molecule has 130 valence electrons. The van der Waals surface area contributed by atoms with Crippen LogP contribution in [0.1, 0.15) is 54.0 Å². The number of anilines is 1. The van der Waals surface area contributed by atoms with Crippen LogP contribution in [0.2, 0.25) is 5.28 Å². The minimum Gasteiger partial charge on any atom is -0.365 e. The molecule has 2 heterocycles. The van der Waals surface area contributed by atoms with Gasteiger partial charge in [0.1, 0.15) is 5.82 Å². The molecule has 0 aliphatic heterocycles. The molecule has 3 nitrogen and oxygen atoms in total. The Labute approximate surface area is 157 Å². The summed E-state index contributed by atoms with van der Waals surface area (Å²) in [5.41, 5.74) is 3.53. The van der Waals surface area contributed by atoms with Crippen molar-refractivity contribution in [3.8, 4) is 0 Å². The Morgan fingerprint density at radius 3 is 2.64 bits per heavy atom. The van der Waals surface area contributed by atoms with Crippen LogP contribution in [0.3, 0.4) is 0 Å². The fourth-order valence-corrected chi connectivity index (χ4v) is 5.28. The number of fused-ring (bicyclic) bond motifs is 1. The number of halogens is 1. The zero-order chi connectivity index (χ0) is 17.2. The second-order valence-corrected chi connectivity index (χ2v) is 8.17. The largest absolute Gasteiger partial charge is 0.365 e. The van der Waals surface area contributed by atoms with E-state index in [-0.39, 0.29) is 0 Å². The van der Waals surface area contributed by atoms with Gasteiger partial charge in [-0.25, -0.2) is 4.98 Å². The van der Waals surface area contributed by atoms with Gasteiger partial charge in [-0.2, -0.15) is 4.98 Å². The third-order valence-electron chi connectivity index (χ3n) is 5.05. The molecule has 4 rings (SSSR count). The summed E-state index contributed by atoms with van der Waals surface area (Å²) in [5.74, 6) is 1.53. The minimum atomic E-state index is 0.319. The molecule has 0 bridgehead atoms. The summed E-state index contributed by atoms with van der Waals surface area (Å²) in [6.45, 7) is 2.92. The molecule has 5 heteroatoms. The molecule has 1 aromatic carbocycles. The number of aromatic nitrogens is 2. The Morgan fingerprint density at radius 2 is 1.88 bits per heavy atom. The normalized spacial score (nSPS) is 15.6. The summed E-state index contributed by atoms with van der Waals surface area (Å²) < 4.78 is 1.14. The van der Waals surface area contributed by atoms with E-state index in [4.69, 9.17) is 11.6 Å². The lowest BCUT2D eigenvalue weighted by Crippen LogP contribution is -2.03. The Kier molecular flexibility index (Phi) is 4.91. The van der Waals surface area contributed by atoms with Gasteiger partial charge in [-0.1, -0.05) is 49.6 Å². The van der Waals surface area contributed by atoms with E-state index in [1.165, 1.54) is 48.1 Å². The fourth-order valence-electron chi connectivity index (χ4n) is 3.73. The molecule has 25 heavy (non-hydrogen) atoms. The highest BCUT2D eigenvalue weighted by molar-refractivity contribution is 7.20. The van der Waals surface area contributed by atoms with Crippen molar-refractivity contribution in [3.63, 3.8) is 0 Å². The third kappa shape index (κ3) is 3.51. The van der Waals surface area contributed by atoms with E-state index < -0.39 is 0 Å². The molecule has 2 aromatic heterocycles. The lowest BCUT2D eigenvalue weighted by Gasteiger charge is -2.21. The summed E-state index contributed by atoms with van der Waals surface area (Å²) in [7, 11) is 0. The van der Waals surface area contributed by atoms with Gasteiger partial charge in [-0.15, -0.1) is 11.3 Å². The molecule has 1 aliphatic carbocycles. The Hall–Kier alpha value is -1.65. The van der Waals surface area contributed by atoms with Gasteiger partial charge in [0, 0.05) is 11.4 Å². The van der Waals surface area contributed by atoms with Crippen LogP contribution in [0, 0.1) is 6.92 Å². The number of thiophene rings is 1. The molecule has 0 unspecified atom stereocenters. The standard InChI is InChI=1S/C20H22ClN3S/c1-13-16-18(25-17(13)15-10-6-3-7-11-15)19(24-20(21)23-16)22-12-14-8-4-2-5-9-14/h2,4-5,8-9,15H,3,6-7,10-12H2,1H3,(H,22,23,24). The molecular formula is C20H22ClN3S. The second kappa shape index (κ2) is 7.30. The number of hydrogen-bond donors (Lipinski definition) is 1. The minimum absolute atomic E-state index is 0.319. The van der Waals surface area contributed by atoms with Gasteiger partial charge in [0.05, 0.1) is 10.2 Å². The van der Waals surface area contributed by atoms with Crippen molar-refractivity contribution in [1.29, 1.82) is 0 Å². The molecule has 3 aromatic rings. The first-order chi connectivity index (χ1) is 12.2. The van der Waals surface area contributed by atoms with E-state index in [2.05, 4.69) is 46.5 Å². The number of aryl methyl sites for hydroxylation is 1. The summed E-state index contributed by atoms with van der Waals surface area (Å²) in [4.78, 5) is 10.5. The summed E-state index contributed by atoms with van der Waals surface area (Å²) in [6, 6.07) is 10.4. The maximum atomic E-state index is 6.22. The van der Waals surface area contributed by atoms with Gasteiger partial charge >= 0.3 is 0 Å². The third-order valence-corrected chi connectivity index (χ3v) is 6.67. The molecule has 0 radical (unpaired) electrons. The highest BCUT2D eigenvalue weighted by Crippen LogP contribution is 2.43. The highest BCUT2D eigenvalue weighted by Gasteiger charge is 2.23. The van der Waals surface area contributed by atoms with Gasteiger partial charge in [0.2, 0.25) is 5.28 Å². The Balaban J connectivity index is 1.68. The maximum absolute atomic E-state index is 6.22. The van der Waals surface area contributed by atoms with Gasteiger partial charge in [-0.3, -0.25) is 0 Å². The van der Waals surface area contributed by atoms with E-state index in [1.54, 1.807) is 0 Å². The van der Waals surface area contributed by atoms with Crippen molar-refractivity contribution in [2.45, 2.75) is 51.5 Å². The van der Waals surface area contributed by atoms with Crippen LogP contribution in [-0.2, 0) is 6.54 Å². The monoisotopic (exact) mass is 371 g/mol. The number of nitrogens with one attached hydrogen (secondary N) is 1. The van der Waals surface area contributed by atoms with Crippen LogP contribution in [-0.4, -0.2) is 9.97 Å². The molecule has 0 atom stereocenters. The van der Waals surface area contributed by atoms with Crippen LogP contribution >= 0.6 is 22.9 Å². The van der Waals surface area contributed by atoms with Gasteiger partial charge < -0.3 is 5.32 Å². The molecule has 1 aliphatic rings. The quantitative estimate of drug-likeness (QED) is 0.546. The molecular weight excluding hydrogens is 350 g/mol. The van der Waals surface area contributed by atoms with Crippen molar-refractivity contribution in [2.24, 2.45) is 0 Å². The van der Waals surface area contributed by atoms with Crippen LogP contribution < -0.4 is 5.32 Å². The van der Waals surface area contributed by atoms with Gasteiger partial charge in [0.15, 0.2) is 0 Å². The van der Waals surface area contributed by atoms with Crippen LogP contribution in [0.4, 0.5) is 5.82 Å². The van der Waals surface area contributed by atoms with Gasteiger partial charge in [0.25, 0.3) is 0 Å².